The van der Waals surface area contributed by atoms with Crippen LogP contribution in [0.2, 0.25) is 0 Å². The van der Waals surface area contributed by atoms with Crippen LogP contribution in [0.1, 0.15) is 11.1 Å². The van der Waals surface area contributed by atoms with E-state index in [1.54, 1.807) is 12.4 Å². The van der Waals surface area contributed by atoms with E-state index < -0.39 is 5.97 Å². The predicted molar refractivity (Wildman–Crippen MR) is 90.4 cm³/mol. The lowest BCUT2D eigenvalue weighted by Gasteiger charge is -2.07. The van der Waals surface area contributed by atoms with Crippen LogP contribution in [0, 0.1) is 14.3 Å². The molecular weight excluding hydrogens is 470 g/mol. The smallest absolute Gasteiger partial charge is 0.328 e. The molecule has 0 bridgehead atoms. The fraction of sp³-hybridized carbons (Fsp3) is 0.0769. The highest BCUT2D eigenvalue weighted by molar-refractivity contribution is 14.1. The number of aryl methyl sites for hydroxylation is 1. The molecule has 19 heavy (non-hydrogen) atoms. The van der Waals surface area contributed by atoms with E-state index >= 15 is 0 Å². The van der Waals surface area contributed by atoms with Gasteiger partial charge in [-0.25, -0.2) is 9.78 Å². The molecule has 1 aromatic carbocycles. The first-order valence-electron chi connectivity index (χ1n) is 5.39. The number of carboxylic acids is 1. The summed E-state index contributed by atoms with van der Waals surface area (Å²) in [4.78, 5) is 14.8. The lowest BCUT2D eigenvalue weighted by Crippen LogP contribution is -1.96. The maximum Gasteiger partial charge on any atom is 0.328 e. The fourth-order valence-corrected chi connectivity index (χ4v) is 2.58. The van der Waals surface area contributed by atoms with E-state index in [0.717, 1.165) is 30.3 Å². The standard InChI is InChI=1S/C13H10I2N2O2/c1-8-6-10(17-7-16-12(14)13(17)15)4-2-9(8)3-5-11(18)19/h2-7H,1H3,(H,18,19)/b5-3+. The largest absolute Gasteiger partial charge is 0.478 e. The van der Waals surface area contributed by atoms with Crippen molar-refractivity contribution in [1.29, 1.82) is 0 Å². The molecule has 0 radical (unpaired) electrons. The zero-order valence-electron chi connectivity index (χ0n) is 9.97. The number of hydrogen-bond donors (Lipinski definition) is 1. The molecule has 0 unspecified atom stereocenters. The second kappa shape index (κ2) is 6.04. The average molecular weight is 480 g/mol. The Kier molecular flexibility index (Phi) is 4.61. The molecule has 0 atom stereocenters. The van der Waals surface area contributed by atoms with Crippen molar-refractivity contribution in [3.8, 4) is 5.69 Å². The molecule has 2 rings (SSSR count). The molecule has 0 aliphatic rings. The van der Waals surface area contributed by atoms with Gasteiger partial charge in [0.1, 0.15) is 13.7 Å². The minimum atomic E-state index is -0.942. The summed E-state index contributed by atoms with van der Waals surface area (Å²) in [7, 11) is 0. The second-order valence-corrected chi connectivity index (χ2v) is 5.95. The van der Waals surface area contributed by atoms with Gasteiger partial charge < -0.3 is 5.11 Å². The molecule has 4 nitrogen and oxygen atoms in total. The van der Waals surface area contributed by atoms with Crippen LogP contribution in [-0.4, -0.2) is 20.6 Å². The molecule has 0 saturated carbocycles. The number of halogens is 2. The first kappa shape index (κ1) is 14.5. The van der Waals surface area contributed by atoms with E-state index in [9.17, 15) is 4.79 Å². The van der Waals surface area contributed by atoms with Gasteiger partial charge in [0.15, 0.2) is 0 Å². The van der Waals surface area contributed by atoms with E-state index in [-0.39, 0.29) is 0 Å². The monoisotopic (exact) mass is 480 g/mol. The van der Waals surface area contributed by atoms with Crippen LogP contribution in [0.25, 0.3) is 11.8 Å². The summed E-state index contributed by atoms with van der Waals surface area (Å²) < 4.78 is 4.03. The highest BCUT2D eigenvalue weighted by Gasteiger charge is 2.07. The van der Waals surface area contributed by atoms with Crippen molar-refractivity contribution in [2.75, 3.05) is 0 Å². The Bertz CT molecular complexity index is 663. The number of carbonyl (C=O) groups is 1. The molecule has 2 aromatic rings. The summed E-state index contributed by atoms with van der Waals surface area (Å²) in [6, 6.07) is 5.88. The average Bonchev–Trinajstić information content (AvgIpc) is 2.68. The summed E-state index contributed by atoms with van der Waals surface area (Å²) in [5.74, 6) is -0.942. The van der Waals surface area contributed by atoms with Gasteiger partial charge in [0.05, 0.1) is 0 Å². The second-order valence-electron chi connectivity index (χ2n) is 3.91. The molecule has 0 aliphatic heterocycles. The summed E-state index contributed by atoms with van der Waals surface area (Å²) in [5, 5.41) is 8.64. The predicted octanol–water partition coefficient (Wildman–Crippen LogP) is 3.49. The maximum atomic E-state index is 10.5. The molecular formula is C13H10I2N2O2. The Hall–Kier alpha value is -0.900. The van der Waals surface area contributed by atoms with Crippen molar-refractivity contribution in [3.63, 3.8) is 0 Å². The number of carboxylic acid groups (broad SMARTS) is 1. The number of aliphatic carboxylic acids is 1. The SMILES string of the molecule is Cc1cc(-n2cnc(I)c2I)ccc1/C=C/C(=O)O. The number of hydrogen-bond acceptors (Lipinski definition) is 2. The highest BCUT2D eigenvalue weighted by atomic mass is 127. The normalized spacial score (nSPS) is 11.1. The molecule has 1 aromatic heterocycles. The quantitative estimate of drug-likeness (QED) is 0.541. The topological polar surface area (TPSA) is 55.1 Å². The summed E-state index contributed by atoms with van der Waals surface area (Å²) in [6.07, 6.45) is 4.53. The first-order valence-corrected chi connectivity index (χ1v) is 7.55. The molecule has 0 aliphatic carbocycles. The summed E-state index contributed by atoms with van der Waals surface area (Å²) in [6.45, 7) is 1.96. The molecule has 1 N–H and O–H groups in total. The van der Waals surface area contributed by atoms with Crippen LogP contribution >= 0.6 is 45.2 Å². The van der Waals surface area contributed by atoms with Gasteiger partial charge in [-0.05, 0) is 81.4 Å². The van der Waals surface area contributed by atoms with Gasteiger partial charge in [0.2, 0.25) is 0 Å². The van der Waals surface area contributed by atoms with E-state index in [4.69, 9.17) is 5.11 Å². The minimum Gasteiger partial charge on any atom is -0.478 e. The maximum absolute atomic E-state index is 10.5. The van der Waals surface area contributed by atoms with E-state index in [1.165, 1.54) is 0 Å². The van der Waals surface area contributed by atoms with Crippen LogP contribution < -0.4 is 0 Å². The van der Waals surface area contributed by atoms with E-state index in [2.05, 4.69) is 50.2 Å². The van der Waals surface area contributed by atoms with Crippen molar-refractivity contribution in [2.45, 2.75) is 6.92 Å². The van der Waals surface area contributed by atoms with Gasteiger partial charge in [-0.2, -0.15) is 0 Å². The van der Waals surface area contributed by atoms with Crippen molar-refractivity contribution in [2.24, 2.45) is 0 Å². The number of nitrogens with zero attached hydrogens (tertiary/aromatic N) is 2. The van der Waals surface area contributed by atoms with Crippen LogP contribution in [0.4, 0.5) is 0 Å². The number of rotatable bonds is 3. The minimum absolute atomic E-state index is 0.899. The van der Waals surface area contributed by atoms with Gasteiger partial charge in [-0.1, -0.05) is 6.07 Å². The third kappa shape index (κ3) is 3.35. The summed E-state index contributed by atoms with van der Waals surface area (Å²) >= 11 is 4.44. The van der Waals surface area contributed by atoms with Crippen LogP contribution in [0.5, 0.6) is 0 Å². The van der Waals surface area contributed by atoms with E-state index in [0.29, 0.717) is 0 Å². The van der Waals surface area contributed by atoms with Gasteiger partial charge in [-0.3, -0.25) is 4.57 Å². The van der Waals surface area contributed by atoms with Crippen LogP contribution in [-0.2, 0) is 4.79 Å². The Labute approximate surface area is 137 Å². The molecule has 0 amide bonds. The molecule has 6 heteroatoms. The van der Waals surface area contributed by atoms with Gasteiger partial charge >= 0.3 is 5.97 Å². The third-order valence-corrected chi connectivity index (χ3v) is 5.46. The van der Waals surface area contributed by atoms with Gasteiger partial charge in [0, 0.05) is 11.8 Å². The molecule has 0 spiro atoms. The van der Waals surface area contributed by atoms with Crippen molar-refractivity contribution >= 4 is 57.2 Å². The van der Waals surface area contributed by atoms with Gasteiger partial charge in [0.25, 0.3) is 0 Å². The Morgan fingerprint density at radius 2 is 2.16 bits per heavy atom. The number of benzene rings is 1. The molecule has 1 heterocycles. The Morgan fingerprint density at radius 1 is 1.42 bits per heavy atom. The first-order chi connectivity index (χ1) is 8.99. The van der Waals surface area contributed by atoms with Crippen LogP contribution in [0.3, 0.4) is 0 Å². The van der Waals surface area contributed by atoms with Gasteiger partial charge in [-0.15, -0.1) is 0 Å². The molecule has 0 saturated heterocycles. The van der Waals surface area contributed by atoms with Crippen molar-refractivity contribution in [3.05, 3.63) is 49.1 Å². The number of aromatic nitrogens is 2. The zero-order chi connectivity index (χ0) is 14.0. The number of imidazole rings is 1. The van der Waals surface area contributed by atoms with Crippen molar-refractivity contribution in [1.82, 2.24) is 9.55 Å². The summed E-state index contributed by atoms with van der Waals surface area (Å²) in [5.41, 5.74) is 2.94. The van der Waals surface area contributed by atoms with E-state index in [1.807, 2.05) is 29.7 Å². The fourth-order valence-electron chi connectivity index (χ4n) is 1.65. The highest BCUT2D eigenvalue weighted by Crippen LogP contribution is 2.21. The third-order valence-electron chi connectivity index (χ3n) is 2.61. The Morgan fingerprint density at radius 3 is 2.68 bits per heavy atom. The van der Waals surface area contributed by atoms with Crippen LogP contribution in [0.15, 0.2) is 30.6 Å². The molecule has 0 fully saturated rings. The Balaban J connectivity index is 2.39. The zero-order valence-corrected chi connectivity index (χ0v) is 14.3. The lowest BCUT2D eigenvalue weighted by molar-refractivity contribution is -0.131. The lowest BCUT2D eigenvalue weighted by atomic mass is 10.1. The molecule has 98 valence electrons. The van der Waals surface area contributed by atoms with Crippen molar-refractivity contribution < 1.29 is 9.90 Å².